The van der Waals surface area contributed by atoms with Crippen LogP contribution in [0.3, 0.4) is 0 Å². The maximum Gasteiger partial charge on any atom is 0.134 e. The predicted octanol–water partition coefficient (Wildman–Crippen LogP) is 3.29. The number of likely N-dealkylation sites (tertiary alicyclic amines) is 1. The Morgan fingerprint density at radius 2 is 2.20 bits per heavy atom. The number of hydrogen-bond acceptors (Lipinski definition) is 3. The number of para-hydroxylation sites is 1. The standard InChI is InChI=1S/C16H22N2O.ClH/c1-17-9-13-5-4-8-18(10-13)11-14-12-19-16-7-3-2-6-15(14)16;/h2-3,6-7,12-13,17H,4-5,8-11H2,1H3;1H. The molecule has 0 amide bonds. The van der Waals surface area contributed by atoms with E-state index in [1.165, 1.54) is 36.9 Å². The Kier molecular flexibility index (Phi) is 5.46. The molecule has 2 aromatic rings. The third-order valence-electron chi connectivity index (χ3n) is 4.05. The van der Waals surface area contributed by atoms with Gasteiger partial charge >= 0.3 is 0 Å². The molecule has 1 aromatic carbocycles. The van der Waals surface area contributed by atoms with Gasteiger partial charge in [-0.3, -0.25) is 4.90 Å². The fraction of sp³-hybridized carbons (Fsp3) is 0.500. The van der Waals surface area contributed by atoms with Crippen molar-refractivity contribution in [3.05, 3.63) is 36.1 Å². The molecule has 0 spiro atoms. The Morgan fingerprint density at radius 1 is 1.35 bits per heavy atom. The monoisotopic (exact) mass is 294 g/mol. The molecule has 0 aliphatic carbocycles. The van der Waals surface area contributed by atoms with Gasteiger partial charge in [0.05, 0.1) is 6.26 Å². The van der Waals surface area contributed by atoms with Crippen molar-refractivity contribution in [2.45, 2.75) is 19.4 Å². The van der Waals surface area contributed by atoms with Crippen LogP contribution in [0.25, 0.3) is 11.0 Å². The van der Waals surface area contributed by atoms with Gasteiger partial charge in [0.15, 0.2) is 0 Å². The molecule has 1 fully saturated rings. The number of furan rings is 1. The molecule has 3 rings (SSSR count). The van der Waals surface area contributed by atoms with Crippen LogP contribution in [0, 0.1) is 5.92 Å². The Hall–Kier alpha value is -1.03. The van der Waals surface area contributed by atoms with Crippen LogP contribution in [0.1, 0.15) is 18.4 Å². The number of nitrogens with one attached hydrogen (secondary N) is 1. The fourth-order valence-corrected chi connectivity index (χ4v) is 3.15. The lowest BCUT2D eigenvalue weighted by Gasteiger charge is -2.32. The average Bonchev–Trinajstić information content (AvgIpc) is 2.83. The van der Waals surface area contributed by atoms with Gasteiger partial charge in [-0.05, 0) is 45.0 Å². The predicted molar refractivity (Wildman–Crippen MR) is 85.4 cm³/mol. The van der Waals surface area contributed by atoms with E-state index in [2.05, 4.69) is 22.3 Å². The highest BCUT2D eigenvalue weighted by molar-refractivity contribution is 5.85. The molecule has 1 aromatic heterocycles. The molecule has 2 heterocycles. The molecular weight excluding hydrogens is 272 g/mol. The summed E-state index contributed by atoms with van der Waals surface area (Å²) in [7, 11) is 2.04. The van der Waals surface area contributed by atoms with Crippen molar-refractivity contribution < 1.29 is 4.42 Å². The Morgan fingerprint density at radius 3 is 3.05 bits per heavy atom. The molecular formula is C16H23ClN2O. The summed E-state index contributed by atoms with van der Waals surface area (Å²) in [5.41, 5.74) is 2.32. The van der Waals surface area contributed by atoms with Crippen LogP contribution in [0.5, 0.6) is 0 Å². The molecule has 0 bridgehead atoms. The average molecular weight is 295 g/mol. The number of fused-ring (bicyclic) bond motifs is 1. The van der Waals surface area contributed by atoms with Crippen LogP contribution in [0.2, 0.25) is 0 Å². The van der Waals surface area contributed by atoms with Crippen LogP contribution in [-0.4, -0.2) is 31.6 Å². The van der Waals surface area contributed by atoms with Gasteiger partial charge in [-0.2, -0.15) is 0 Å². The minimum atomic E-state index is 0. The van der Waals surface area contributed by atoms with E-state index in [0.717, 1.165) is 24.6 Å². The summed E-state index contributed by atoms with van der Waals surface area (Å²) in [4.78, 5) is 2.56. The zero-order valence-electron chi connectivity index (χ0n) is 12.0. The maximum atomic E-state index is 5.63. The highest BCUT2D eigenvalue weighted by atomic mass is 35.5. The highest BCUT2D eigenvalue weighted by Crippen LogP contribution is 2.24. The third kappa shape index (κ3) is 3.35. The third-order valence-corrected chi connectivity index (χ3v) is 4.05. The molecule has 0 saturated carbocycles. The van der Waals surface area contributed by atoms with Gasteiger partial charge < -0.3 is 9.73 Å². The lowest BCUT2D eigenvalue weighted by molar-refractivity contribution is 0.167. The van der Waals surface area contributed by atoms with Crippen molar-refractivity contribution in [3.63, 3.8) is 0 Å². The van der Waals surface area contributed by atoms with Gasteiger partial charge in [0, 0.05) is 24.0 Å². The minimum Gasteiger partial charge on any atom is -0.464 e. The summed E-state index contributed by atoms with van der Waals surface area (Å²) in [6.45, 7) is 4.54. The molecule has 110 valence electrons. The number of halogens is 1. The minimum absolute atomic E-state index is 0. The smallest absolute Gasteiger partial charge is 0.134 e. The number of benzene rings is 1. The second-order valence-corrected chi connectivity index (χ2v) is 5.56. The van der Waals surface area contributed by atoms with Gasteiger partial charge in [0.2, 0.25) is 0 Å². The van der Waals surface area contributed by atoms with Gasteiger partial charge in [0.25, 0.3) is 0 Å². The first-order chi connectivity index (χ1) is 9.36. The van der Waals surface area contributed by atoms with E-state index < -0.39 is 0 Å². The quantitative estimate of drug-likeness (QED) is 0.938. The van der Waals surface area contributed by atoms with Crippen LogP contribution in [0.4, 0.5) is 0 Å². The largest absolute Gasteiger partial charge is 0.464 e. The summed E-state index contributed by atoms with van der Waals surface area (Å²) in [5, 5.41) is 4.56. The summed E-state index contributed by atoms with van der Waals surface area (Å²) in [6.07, 6.45) is 4.58. The molecule has 20 heavy (non-hydrogen) atoms. The van der Waals surface area contributed by atoms with Crippen molar-refractivity contribution in [1.82, 2.24) is 10.2 Å². The molecule has 0 radical (unpaired) electrons. The van der Waals surface area contributed by atoms with Crippen LogP contribution in [-0.2, 0) is 6.54 Å². The SMILES string of the molecule is CNCC1CCCN(Cc2coc3ccccc23)C1.Cl. The van der Waals surface area contributed by atoms with Gasteiger partial charge in [-0.25, -0.2) is 0 Å². The molecule has 1 aliphatic rings. The number of piperidine rings is 1. The summed E-state index contributed by atoms with van der Waals surface area (Å²) < 4.78 is 5.63. The van der Waals surface area contributed by atoms with Crippen molar-refractivity contribution in [2.75, 3.05) is 26.7 Å². The lowest BCUT2D eigenvalue weighted by Crippen LogP contribution is -2.38. The molecule has 1 aliphatic heterocycles. The first-order valence-electron chi connectivity index (χ1n) is 7.19. The fourth-order valence-electron chi connectivity index (χ4n) is 3.15. The normalized spacial score (nSPS) is 19.9. The van der Waals surface area contributed by atoms with E-state index in [4.69, 9.17) is 4.42 Å². The van der Waals surface area contributed by atoms with Crippen molar-refractivity contribution in [3.8, 4) is 0 Å². The summed E-state index contributed by atoms with van der Waals surface area (Å²) in [5.74, 6) is 0.789. The van der Waals surface area contributed by atoms with Crippen LogP contribution >= 0.6 is 12.4 Å². The summed E-state index contributed by atoms with van der Waals surface area (Å²) >= 11 is 0. The maximum absolute atomic E-state index is 5.63. The van der Waals surface area contributed by atoms with E-state index in [0.29, 0.717) is 0 Å². The molecule has 1 atom stereocenters. The molecule has 1 unspecified atom stereocenters. The number of hydrogen-bond donors (Lipinski definition) is 1. The number of nitrogens with zero attached hydrogens (tertiary/aromatic N) is 1. The van der Waals surface area contributed by atoms with Crippen LogP contribution in [0.15, 0.2) is 34.9 Å². The Balaban J connectivity index is 0.00000147. The zero-order chi connectivity index (χ0) is 13.1. The van der Waals surface area contributed by atoms with E-state index in [1.807, 2.05) is 25.4 Å². The van der Waals surface area contributed by atoms with Gasteiger partial charge in [-0.1, -0.05) is 18.2 Å². The molecule has 4 heteroatoms. The second kappa shape index (κ2) is 7.11. The Bertz CT molecular complexity index is 538. The molecule has 3 nitrogen and oxygen atoms in total. The van der Waals surface area contributed by atoms with E-state index in [-0.39, 0.29) is 12.4 Å². The van der Waals surface area contributed by atoms with Gasteiger partial charge in [-0.15, -0.1) is 12.4 Å². The lowest BCUT2D eigenvalue weighted by atomic mass is 9.97. The van der Waals surface area contributed by atoms with Crippen molar-refractivity contribution in [1.29, 1.82) is 0 Å². The van der Waals surface area contributed by atoms with Crippen molar-refractivity contribution in [2.24, 2.45) is 5.92 Å². The highest BCUT2D eigenvalue weighted by Gasteiger charge is 2.20. The van der Waals surface area contributed by atoms with Crippen LogP contribution < -0.4 is 5.32 Å². The topological polar surface area (TPSA) is 28.4 Å². The van der Waals surface area contributed by atoms with Gasteiger partial charge in [0.1, 0.15) is 5.58 Å². The zero-order valence-corrected chi connectivity index (χ0v) is 12.8. The summed E-state index contributed by atoms with van der Waals surface area (Å²) in [6, 6.07) is 8.31. The number of rotatable bonds is 4. The second-order valence-electron chi connectivity index (χ2n) is 5.56. The Labute approximate surface area is 126 Å². The first kappa shape index (κ1) is 15.4. The van der Waals surface area contributed by atoms with E-state index in [1.54, 1.807) is 0 Å². The molecule has 1 saturated heterocycles. The van der Waals surface area contributed by atoms with E-state index >= 15 is 0 Å². The van der Waals surface area contributed by atoms with E-state index in [9.17, 15) is 0 Å². The van der Waals surface area contributed by atoms with Crippen molar-refractivity contribution >= 4 is 23.4 Å². The first-order valence-corrected chi connectivity index (χ1v) is 7.19. The molecule has 1 N–H and O–H groups in total.